The van der Waals surface area contributed by atoms with Crippen molar-refractivity contribution in [2.75, 3.05) is 11.5 Å². The molecule has 0 spiro atoms. The molecule has 1 N–H and O–H groups in total. The Bertz CT molecular complexity index is 206. The summed E-state index contributed by atoms with van der Waals surface area (Å²) in [7, 11) is 0. The number of rotatable bonds is 4. The molecule has 0 aliphatic heterocycles. The van der Waals surface area contributed by atoms with Gasteiger partial charge in [-0.15, -0.1) is 13.2 Å². The molecule has 0 aromatic heterocycles. The minimum atomic E-state index is 0.153. The zero-order valence-electron chi connectivity index (χ0n) is 8.69. The van der Waals surface area contributed by atoms with Crippen LogP contribution < -0.4 is 0 Å². The van der Waals surface area contributed by atoms with Gasteiger partial charge in [0.1, 0.15) is 0 Å². The molecule has 0 saturated carbocycles. The van der Waals surface area contributed by atoms with Gasteiger partial charge in [-0.3, -0.25) is 4.79 Å². The van der Waals surface area contributed by atoms with Crippen molar-refractivity contribution in [1.29, 1.82) is 0 Å². The van der Waals surface area contributed by atoms with Crippen molar-refractivity contribution in [3.63, 3.8) is 0 Å². The van der Waals surface area contributed by atoms with Gasteiger partial charge < -0.3 is 5.11 Å². The molecule has 82 valence electrons. The van der Waals surface area contributed by atoms with E-state index < -0.39 is 0 Å². The molecule has 0 fully saturated rings. The highest BCUT2D eigenvalue weighted by Crippen LogP contribution is 1.98. The number of carbonyl (C=O) groups is 1. The van der Waals surface area contributed by atoms with E-state index in [2.05, 4.69) is 13.2 Å². The Hall–Kier alpha value is -0.320. The minimum Gasteiger partial charge on any atom is -0.360 e. The van der Waals surface area contributed by atoms with Gasteiger partial charge in [0.25, 0.3) is 0 Å². The smallest absolute Gasteiger partial charge is 0.186 e. The maximum absolute atomic E-state index is 10.1. The Morgan fingerprint density at radius 3 is 2.14 bits per heavy atom. The van der Waals surface area contributed by atoms with Gasteiger partial charge in [0.05, 0.1) is 5.05 Å². The van der Waals surface area contributed by atoms with Crippen LogP contribution in [0.15, 0.2) is 25.3 Å². The van der Waals surface area contributed by atoms with Crippen LogP contribution in [0.25, 0.3) is 0 Å². The highest BCUT2D eigenvalue weighted by atomic mass is 32.2. The number of aliphatic hydroxyl groups excluding tert-OH is 1. The molecule has 0 amide bonds. The molecule has 0 aliphatic rings. The Labute approximate surface area is 94.1 Å². The fourth-order valence-corrected chi connectivity index (χ4v) is 1.12. The first-order valence-electron chi connectivity index (χ1n) is 4.09. The molecule has 14 heavy (non-hydrogen) atoms. The molecule has 2 nitrogen and oxygen atoms in total. The Morgan fingerprint density at radius 2 is 2.00 bits per heavy atom. The second-order valence-corrected chi connectivity index (χ2v) is 4.79. The summed E-state index contributed by atoms with van der Waals surface area (Å²) in [5.74, 6) is 1.58. The molecule has 0 atom stereocenters. The maximum atomic E-state index is 10.1. The quantitative estimate of drug-likeness (QED) is 0.446. The summed E-state index contributed by atoms with van der Waals surface area (Å²) in [5, 5.41) is 9.15. The predicted molar refractivity (Wildman–Crippen MR) is 70.7 cm³/mol. The van der Waals surface area contributed by atoms with E-state index in [0.29, 0.717) is 5.05 Å². The van der Waals surface area contributed by atoms with Crippen molar-refractivity contribution in [3.05, 3.63) is 25.3 Å². The SMILES string of the molecule is C=CCSC(C)=O.C=CC[SH]=C(C)O. The van der Waals surface area contributed by atoms with E-state index in [9.17, 15) is 4.79 Å². The highest BCUT2D eigenvalue weighted by Gasteiger charge is 1.85. The predicted octanol–water partition coefficient (Wildman–Crippen LogP) is 2.80. The van der Waals surface area contributed by atoms with Gasteiger partial charge >= 0.3 is 0 Å². The van der Waals surface area contributed by atoms with E-state index in [1.54, 1.807) is 26.0 Å². The van der Waals surface area contributed by atoms with Gasteiger partial charge in [0, 0.05) is 18.4 Å². The average Bonchev–Trinajstić information content (AvgIpc) is 2.12. The molecule has 0 heterocycles. The second kappa shape index (κ2) is 12.7. The van der Waals surface area contributed by atoms with Gasteiger partial charge in [0.2, 0.25) is 0 Å². The first-order valence-corrected chi connectivity index (χ1v) is 6.16. The molecule has 0 aliphatic carbocycles. The van der Waals surface area contributed by atoms with E-state index in [1.165, 1.54) is 11.8 Å². The summed E-state index contributed by atoms with van der Waals surface area (Å²) in [6.07, 6.45) is 3.49. The number of hydrogen-bond donors (Lipinski definition) is 2. The van der Waals surface area contributed by atoms with Crippen LogP contribution in [-0.4, -0.2) is 26.8 Å². The van der Waals surface area contributed by atoms with Crippen LogP contribution in [0.2, 0.25) is 0 Å². The molecular formula is C10H18O2S2. The zero-order chi connectivity index (χ0) is 11.4. The third-order valence-corrected chi connectivity index (χ3v) is 2.56. The molecule has 0 aromatic carbocycles. The number of thioether (sulfide) groups is 1. The summed E-state index contributed by atoms with van der Waals surface area (Å²) in [6.45, 7) is 10.2. The molecule has 0 radical (unpaired) electrons. The van der Waals surface area contributed by atoms with Crippen LogP contribution in [0.4, 0.5) is 0 Å². The zero-order valence-corrected chi connectivity index (χ0v) is 10.4. The van der Waals surface area contributed by atoms with E-state index in [1.807, 2.05) is 0 Å². The van der Waals surface area contributed by atoms with Crippen molar-refractivity contribution in [3.8, 4) is 0 Å². The van der Waals surface area contributed by atoms with Gasteiger partial charge in [-0.25, -0.2) is 0 Å². The lowest BCUT2D eigenvalue weighted by molar-refractivity contribution is -0.109. The maximum Gasteiger partial charge on any atom is 0.186 e. The Morgan fingerprint density at radius 1 is 1.43 bits per heavy atom. The largest absolute Gasteiger partial charge is 0.360 e. The van der Waals surface area contributed by atoms with Crippen molar-refractivity contribution in [2.24, 2.45) is 0 Å². The normalized spacial score (nSPS) is 10.4. The fourth-order valence-electron chi connectivity index (χ4n) is 0.373. The van der Waals surface area contributed by atoms with Crippen LogP contribution >= 0.6 is 23.1 Å². The lowest BCUT2D eigenvalue weighted by Gasteiger charge is -1.82. The fraction of sp³-hybridized carbons (Fsp3) is 0.400. The van der Waals surface area contributed by atoms with Gasteiger partial charge in [-0.1, -0.05) is 23.9 Å². The Kier molecular flexibility index (Phi) is 14.6. The summed E-state index contributed by atoms with van der Waals surface area (Å²) in [5.41, 5.74) is 0. The second-order valence-electron chi connectivity index (χ2n) is 2.27. The molecule has 0 aromatic rings. The minimum absolute atomic E-state index is 0.153. The van der Waals surface area contributed by atoms with Crippen LogP contribution in [0.5, 0.6) is 0 Å². The molecule has 0 bridgehead atoms. The van der Waals surface area contributed by atoms with Gasteiger partial charge in [-0.05, 0) is 6.92 Å². The molecule has 0 saturated heterocycles. The van der Waals surface area contributed by atoms with Crippen LogP contribution in [0.1, 0.15) is 13.8 Å². The van der Waals surface area contributed by atoms with Crippen LogP contribution in [-0.2, 0) is 4.79 Å². The molecular weight excluding hydrogens is 216 g/mol. The van der Waals surface area contributed by atoms with Crippen LogP contribution in [0, 0.1) is 0 Å². The monoisotopic (exact) mass is 234 g/mol. The standard InChI is InChI=1S/C5H10OS.C5H8OS/c2*1-3-4-7-5(2)6/h3,6-7H,1,4H2,2H3;3H,1,4H2,2H3. The molecule has 0 unspecified atom stereocenters. The van der Waals surface area contributed by atoms with Crippen molar-refractivity contribution in [2.45, 2.75) is 13.8 Å². The Balaban J connectivity index is 0. The van der Waals surface area contributed by atoms with Crippen molar-refractivity contribution >= 4 is 33.3 Å². The van der Waals surface area contributed by atoms with E-state index in [-0.39, 0.29) is 5.12 Å². The van der Waals surface area contributed by atoms with E-state index in [0.717, 1.165) is 22.9 Å². The van der Waals surface area contributed by atoms with Crippen molar-refractivity contribution < 1.29 is 9.90 Å². The number of aliphatic hydroxyl groups is 1. The van der Waals surface area contributed by atoms with E-state index >= 15 is 0 Å². The topological polar surface area (TPSA) is 37.3 Å². The number of hydrogen-bond acceptors (Lipinski definition) is 2. The van der Waals surface area contributed by atoms with Gasteiger partial charge in [0.15, 0.2) is 5.12 Å². The van der Waals surface area contributed by atoms with Crippen LogP contribution in [0.3, 0.4) is 0 Å². The number of thiol groups is 1. The third-order valence-electron chi connectivity index (χ3n) is 0.854. The first-order chi connectivity index (χ1) is 6.54. The lowest BCUT2D eigenvalue weighted by atomic mass is 10.8. The summed E-state index contributed by atoms with van der Waals surface area (Å²) >= 11 is 2.24. The highest BCUT2D eigenvalue weighted by molar-refractivity contribution is 8.13. The summed E-state index contributed by atoms with van der Waals surface area (Å²) < 4.78 is 0. The summed E-state index contributed by atoms with van der Waals surface area (Å²) in [6, 6.07) is 0. The number of carbonyl (C=O) groups excluding carboxylic acids is 1. The average molecular weight is 234 g/mol. The van der Waals surface area contributed by atoms with E-state index in [4.69, 9.17) is 5.11 Å². The first kappa shape index (κ1) is 16.1. The lowest BCUT2D eigenvalue weighted by Crippen LogP contribution is -1.80. The van der Waals surface area contributed by atoms with Crippen molar-refractivity contribution in [1.82, 2.24) is 0 Å². The molecule has 0 rings (SSSR count). The van der Waals surface area contributed by atoms with Gasteiger partial charge in [-0.2, -0.15) is 11.4 Å². The molecule has 4 heteroatoms. The summed E-state index contributed by atoms with van der Waals surface area (Å²) in [4.78, 5) is 10.1. The third kappa shape index (κ3) is 22.6.